The zero-order valence-electron chi connectivity index (χ0n) is 37.2. The minimum atomic E-state index is 1.02. The van der Waals surface area contributed by atoms with E-state index in [1.807, 2.05) is 90.7 Å². The van der Waals surface area contributed by atoms with Crippen LogP contribution >= 0.6 is 102 Å². The number of aryl methyl sites for hydroxylation is 10. The van der Waals surface area contributed by atoms with Crippen LogP contribution in [0.5, 0.6) is 0 Å². The molecule has 9 heterocycles. The fraction of sp³-hybridized carbons (Fsp3) is 0.231. The molecular formula is C52H44N2S9. The smallest absolute Gasteiger partial charge is 0.114 e. The van der Waals surface area contributed by atoms with Crippen molar-refractivity contribution in [2.24, 2.45) is 0 Å². The summed E-state index contributed by atoms with van der Waals surface area (Å²) in [7, 11) is 0. The Morgan fingerprint density at radius 1 is 0.317 bits per heavy atom. The van der Waals surface area contributed by atoms with Crippen LogP contribution in [0, 0.1) is 83.1 Å². The molecule has 0 aliphatic rings. The van der Waals surface area contributed by atoms with E-state index < -0.39 is 0 Å². The number of fused-ring (bicyclic) bond motifs is 3. The first-order valence-corrected chi connectivity index (χ1v) is 28.2. The van der Waals surface area contributed by atoms with E-state index >= 15 is 0 Å². The number of aromatic nitrogens is 2. The van der Waals surface area contributed by atoms with E-state index in [0.29, 0.717) is 0 Å². The molecule has 0 bridgehead atoms. The maximum absolute atomic E-state index is 5.01. The molecule has 0 amide bonds. The van der Waals surface area contributed by atoms with Crippen molar-refractivity contribution in [2.45, 2.75) is 83.1 Å². The van der Waals surface area contributed by atoms with Crippen molar-refractivity contribution in [1.82, 2.24) is 8.75 Å². The van der Waals surface area contributed by atoms with Crippen LogP contribution < -0.4 is 0 Å². The highest BCUT2D eigenvalue weighted by molar-refractivity contribution is 7.29. The summed E-state index contributed by atoms with van der Waals surface area (Å²) in [6.07, 6.45) is 0. The quantitative estimate of drug-likeness (QED) is 0.159. The van der Waals surface area contributed by atoms with Gasteiger partial charge in [0.05, 0.1) is 11.7 Å². The summed E-state index contributed by atoms with van der Waals surface area (Å²) >= 11 is 16.9. The number of benzene rings is 2. The van der Waals surface area contributed by atoms with Gasteiger partial charge in [0.25, 0.3) is 0 Å². The molecule has 0 unspecified atom stereocenters. The van der Waals surface area contributed by atoms with E-state index in [1.54, 1.807) is 0 Å². The highest BCUT2D eigenvalue weighted by Gasteiger charge is 2.28. The van der Waals surface area contributed by atoms with Crippen LogP contribution in [0.1, 0.15) is 64.0 Å². The Balaban J connectivity index is 1.15. The number of hydrogen-bond acceptors (Lipinski definition) is 11. The summed E-state index contributed by atoms with van der Waals surface area (Å²) in [6.45, 7) is 27.2. The van der Waals surface area contributed by atoms with Crippen molar-refractivity contribution in [1.29, 1.82) is 0 Å². The molecule has 0 saturated heterocycles. The highest BCUT2D eigenvalue weighted by Crippen LogP contribution is 2.57. The third-order valence-corrected chi connectivity index (χ3v) is 23.0. The maximum atomic E-state index is 5.01. The van der Waals surface area contributed by atoms with Crippen LogP contribution in [0.2, 0.25) is 0 Å². The lowest BCUT2D eigenvalue weighted by atomic mass is 9.93. The molecule has 316 valence electrons. The molecule has 63 heavy (non-hydrogen) atoms. The zero-order chi connectivity index (χ0) is 43.9. The largest absolute Gasteiger partial charge is 0.172 e. The SMILES string of the molecule is Cc1cc(C)c(-c2sc(-c3c4cc(-c5sc(-c6c(C)c(C)c(-c7cc(C)c(C)s7)c7nsnc67)cc5C)sc4c(-c4cc(C)c(-c5sc(C)cc5C)s4)c4cc(C)sc34)cc2C)s1. The van der Waals surface area contributed by atoms with Crippen molar-refractivity contribution < 1.29 is 0 Å². The molecule has 2 nitrogen and oxygen atoms in total. The molecule has 9 aromatic heterocycles. The molecule has 11 rings (SSSR count). The van der Waals surface area contributed by atoms with E-state index in [-0.39, 0.29) is 0 Å². The van der Waals surface area contributed by atoms with Crippen LogP contribution in [0.3, 0.4) is 0 Å². The summed E-state index contributed by atoms with van der Waals surface area (Å²) in [5.74, 6) is 0. The van der Waals surface area contributed by atoms with Gasteiger partial charge >= 0.3 is 0 Å². The second kappa shape index (κ2) is 15.5. The first kappa shape index (κ1) is 42.0. The van der Waals surface area contributed by atoms with Crippen molar-refractivity contribution >= 4 is 134 Å². The van der Waals surface area contributed by atoms with Crippen LogP contribution in [0.4, 0.5) is 0 Å². The Bertz CT molecular complexity index is 3500. The molecule has 0 saturated carbocycles. The first-order valence-electron chi connectivity index (χ1n) is 20.9. The third kappa shape index (κ3) is 6.70. The fourth-order valence-corrected chi connectivity index (χ4v) is 19.9. The monoisotopic (exact) mass is 984 g/mol. The maximum Gasteiger partial charge on any atom is 0.114 e. The molecule has 0 aliphatic heterocycles. The van der Waals surface area contributed by atoms with Crippen molar-refractivity contribution in [2.75, 3.05) is 0 Å². The lowest BCUT2D eigenvalue weighted by molar-refractivity contribution is 1.36. The number of hydrogen-bond donors (Lipinski definition) is 0. The van der Waals surface area contributed by atoms with Crippen molar-refractivity contribution in [3.8, 4) is 71.0 Å². The van der Waals surface area contributed by atoms with Gasteiger partial charge in [-0.15, -0.1) is 90.7 Å². The van der Waals surface area contributed by atoms with E-state index in [4.69, 9.17) is 8.75 Å². The normalized spacial score (nSPS) is 12.1. The van der Waals surface area contributed by atoms with Crippen LogP contribution in [-0.4, -0.2) is 8.75 Å². The Hall–Kier alpha value is -3.62. The van der Waals surface area contributed by atoms with E-state index in [0.717, 1.165) is 11.0 Å². The molecule has 0 radical (unpaired) electrons. The lowest BCUT2D eigenvalue weighted by Crippen LogP contribution is -1.93. The molecule has 11 aromatic rings. The van der Waals surface area contributed by atoms with Gasteiger partial charge in [-0.3, -0.25) is 0 Å². The summed E-state index contributed by atoms with van der Waals surface area (Å²) in [6, 6.07) is 19.4. The fourth-order valence-electron chi connectivity index (χ4n) is 9.29. The van der Waals surface area contributed by atoms with Gasteiger partial charge in [-0.1, -0.05) is 0 Å². The van der Waals surface area contributed by atoms with Gasteiger partial charge in [0.2, 0.25) is 0 Å². The van der Waals surface area contributed by atoms with Gasteiger partial charge < -0.3 is 0 Å². The molecule has 11 heteroatoms. The number of nitrogens with zero attached hydrogens (tertiary/aromatic N) is 2. The van der Waals surface area contributed by atoms with Crippen molar-refractivity contribution in [3.05, 3.63) is 113 Å². The highest BCUT2D eigenvalue weighted by atomic mass is 32.1. The summed E-state index contributed by atoms with van der Waals surface area (Å²) < 4.78 is 12.7. The minimum Gasteiger partial charge on any atom is -0.172 e. The Kier molecular flexibility index (Phi) is 10.3. The first-order chi connectivity index (χ1) is 30.1. The summed E-state index contributed by atoms with van der Waals surface area (Å²) in [5, 5.41) is 2.74. The predicted molar refractivity (Wildman–Crippen MR) is 290 cm³/mol. The second-order valence-electron chi connectivity index (χ2n) is 17.1. The Morgan fingerprint density at radius 2 is 0.714 bits per heavy atom. The average Bonchev–Trinajstić information content (AvgIpc) is 4.08. The van der Waals surface area contributed by atoms with Crippen LogP contribution in [-0.2, 0) is 0 Å². The van der Waals surface area contributed by atoms with Gasteiger partial charge in [-0.2, -0.15) is 8.75 Å². The van der Waals surface area contributed by atoms with Gasteiger partial charge in [0.15, 0.2) is 0 Å². The average molecular weight is 986 g/mol. The topological polar surface area (TPSA) is 25.8 Å². The van der Waals surface area contributed by atoms with Crippen LogP contribution in [0.15, 0.2) is 48.5 Å². The Morgan fingerprint density at radius 3 is 1.21 bits per heavy atom. The van der Waals surface area contributed by atoms with E-state index in [1.165, 1.54) is 167 Å². The summed E-state index contributed by atoms with van der Waals surface area (Å²) in [4.78, 5) is 19.0. The summed E-state index contributed by atoms with van der Waals surface area (Å²) in [5.41, 5.74) is 18.0. The standard InChI is InChI=1S/C52H44N2S9/c1-21-15-35(58-32(21)12)40-30(10)31(11)41(45-44(40)53-63-54-45)36-16-24(4)46(59-36)39-20-34-43(38-18-26(6)50(61-38)48-23(3)14-28(8)56-48)51-33(19-29(9)57-51)42(52(34)62-39)37-17-25(5)49(60-37)47-22(2)13-27(7)55-47/h13-20H,1-12H3. The third-order valence-electron chi connectivity index (χ3n) is 12.5. The molecule has 0 aliphatic carbocycles. The van der Waals surface area contributed by atoms with Gasteiger partial charge in [-0.05, 0) is 176 Å². The number of thiophene rings is 8. The van der Waals surface area contributed by atoms with Gasteiger partial charge in [0.1, 0.15) is 11.0 Å². The lowest BCUT2D eigenvalue weighted by Gasteiger charge is -2.13. The van der Waals surface area contributed by atoms with E-state index in [2.05, 4.69) is 132 Å². The molecule has 0 N–H and O–H groups in total. The van der Waals surface area contributed by atoms with Crippen LogP contribution in [0.25, 0.3) is 102 Å². The molecule has 0 fully saturated rings. The second-order valence-corrected chi connectivity index (χ2v) is 26.9. The van der Waals surface area contributed by atoms with E-state index in [9.17, 15) is 0 Å². The van der Waals surface area contributed by atoms with Gasteiger partial charge in [-0.25, -0.2) is 0 Å². The molecule has 2 aromatic carbocycles. The molecule has 0 atom stereocenters. The van der Waals surface area contributed by atoms with Gasteiger partial charge in [0, 0.05) is 111 Å². The zero-order valence-corrected chi connectivity index (χ0v) is 44.5. The Labute approximate surface area is 405 Å². The molecule has 0 spiro atoms. The minimum absolute atomic E-state index is 1.02. The molecular weight excluding hydrogens is 941 g/mol. The predicted octanol–water partition coefficient (Wildman–Crippen LogP) is 19.9. The van der Waals surface area contributed by atoms with Crippen molar-refractivity contribution in [3.63, 3.8) is 0 Å². The number of rotatable bonds is 7.